The van der Waals surface area contributed by atoms with Gasteiger partial charge in [-0.1, -0.05) is 30.3 Å². The molecule has 5 nitrogen and oxygen atoms in total. The Hall–Kier alpha value is -2.14. The first-order valence-corrected chi connectivity index (χ1v) is 10.5. The van der Waals surface area contributed by atoms with Crippen LogP contribution in [0.15, 0.2) is 30.3 Å². The summed E-state index contributed by atoms with van der Waals surface area (Å²) in [6.45, 7) is 7.30. The maximum Gasteiger partial charge on any atom is 0.222 e. The summed E-state index contributed by atoms with van der Waals surface area (Å²) in [5, 5.41) is 4.46. The van der Waals surface area contributed by atoms with Crippen molar-refractivity contribution in [1.82, 2.24) is 19.6 Å². The molecule has 1 amide bonds. The minimum Gasteiger partial charge on any atom is -0.341 e. The molecule has 2 heterocycles. The van der Waals surface area contributed by atoms with Gasteiger partial charge in [0.05, 0.1) is 5.69 Å². The van der Waals surface area contributed by atoms with E-state index in [1.807, 2.05) is 30.6 Å². The highest BCUT2D eigenvalue weighted by atomic mass is 16.2. The number of piperidine rings is 1. The summed E-state index contributed by atoms with van der Waals surface area (Å²) in [4.78, 5) is 17.3. The Morgan fingerprint density at radius 3 is 2.64 bits per heavy atom. The van der Waals surface area contributed by atoms with E-state index in [0.29, 0.717) is 12.5 Å². The van der Waals surface area contributed by atoms with E-state index in [9.17, 15) is 4.79 Å². The Morgan fingerprint density at radius 2 is 1.96 bits per heavy atom. The molecule has 1 aromatic carbocycles. The van der Waals surface area contributed by atoms with Gasteiger partial charge in [-0.25, -0.2) is 0 Å². The molecule has 0 spiro atoms. The zero-order chi connectivity index (χ0) is 20.1. The number of carbonyl (C=O) groups excluding carboxylic acids is 1. The van der Waals surface area contributed by atoms with Crippen LogP contribution in [0.2, 0.25) is 0 Å². The summed E-state index contributed by atoms with van der Waals surface area (Å²) in [5.74, 6) is 0.248. The molecule has 0 bridgehead atoms. The van der Waals surface area contributed by atoms with Crippen molar-refractivity contribution in [3.63, 3.8) is 0 Å². The van der Waals surface area contributed by atoms with Crippen LogP contribution in [-0.4, -0.2) is 58.2 Å². The van der Waals surface area contributed by atoms with Crippen LogP contribution in [0.3, 0.4) is 0 Å². The monoisotopic (exact) mass is 382 g/mol. The molecule has 5 heteroatoms. The quantitative estimate of drug-likeness (QED) is 0.739. The van der Waals surface area contributed by atoms with Crippen LogP contribution in [0.5, 0.6) is 0 Å². The van der Waals surface area contributed by atoms with Crippen LogP contribution in [0, 0.1) is 13.8 Å². The van der Waals surface area contributed by atoms with Gasteiger partial charge < -0.3 is 9.80 Å². The zero-order valence-electron chi connectivity index (χ0n) is 17.8. The lowest BCUT2D eigenvalue weighted by Crippen LogP contribution is -2.49. The number of likely N-dealkylation sites (N-methyl/N-ethyl adjacent to an activating group) is 1. The summed E-state index contributed by atoms with van der Waals surface area (Å²) >= 11 is 0. The summed E-state index contributed by atoms with van der Waals surface area (Å²) < 4.78 is 1.91. The molecule has 1 aromatic heterocycles. The van der Waals surface area contributed by atoms with Crippen LogP contribution in [0.1, 0.15) is 41.8 Å². The van der Waals surface area contributed by atoms with Gasteiger partial charge in [0.15, 0.2) is 0 Å². The third-order valence-corrected chi connectivity index (χ3v) is 6.23. The van der Waals surface area contributed by atoms with E-state index >= 15 is 0 Å². The normalized spacial score (nSPS) is 17.6. The van der Waals surface area contributed by atoms with Crippen molar-refractivity contribution in [2.24, 2.45) is 7.05 Å². The fourth-order valence-corrected chi connectivity index (χ4v) is 4.27. The first-order chi connectivity index (χ1) is 13.5. The molecular formula is C23H34N4O. The number of hydrogen-bond acceptors (Lipinski definition) is 3. The van der Waals surface area contributed by atoms with Gasteiger partial charge in [0.2, 0.25) is 5.91 Å². The lowest BCUT2D eigenvalue weighted by molar-refractivity contribution is -0.133. The third-order valence-electron chi connectivity index (χ3n) is 6.23. The second-order valence-corrected chi connectivity index (χ2v) is 8.11. The molecule has 1 atom stereocenters. The summed E-state index contributed by atoms with van der Waals surface area (Å²) in [7, 11) is 3.95. The van der Waals surface area contributed by atoms with E-state index in [1.165, 1.54) is 11.1 Å². The number of amides is 1. The number of hydrogen-bond donors (Lipinski definition) is 0. The maximum absolute atomic E-state index is 12.8. The van der Waals surface area contributed by atoms with Crippen molar-refractivity contribution in [2.45, 2.75) is 52.0 Å². The molecule has 3 rings (SSSR count). The molecule has 0 unspecified atom stereocenters. The molecule has 0 aliphatic carbocycles. The van der Waals surface area contributed by atoms with Gasteiger partial charge in [0, 0.05) is 45.3 Å². The number of carbonyl (C=O) groups is 1. The molecule has 1 aliphatic rings. The SMILES string of the molecule is Cc1nn(C)c(C)c1CCC(=O)N(C)[C@@H]1CCCN(CCc2ccccc2)C1. The number of nitrogens with zero attached hydrogens (tertiary/aromatic N) is 4. The highest BCUT2D eigenvalue weighted by Crippen LogP contribution is 2.18. The molecule has 0 N–H and O–H groups in total. The van der Waals surface area contributed by atoms with Gasteiger partial charge in [0.1, 0.15) is 0 Å². The van der Waals surface area contributed by atoms with Crippen LogP contribution < -0.4 is 0 Å². The van der Waals surface area contributed by atoms with E-state index < -0.39 is 0 Å². The van der Waals surface area contributed by atoms with Gasteiger partial charge in [-0.2, -0.15) is 5.10 Å². The minimum atomic E-state index is 0.248. The lowest BCUT2D eigenvalue weighted by Gasteiger charge is -2.37. The molecule has 1 aliphatic heterocycles. The fraction of sp³-hybridized carbons (Fsp3) is 0.565. The van der Waals surface area contributed by atoms with E-state index in [1.54, 1.807) is 0 Å². The molecule has 1 saturated heterocycles. The van der Waals surface area contributed by atoms with E-state index in [-0.39, 0.29) is 5.91 Å². The number of rotatable bonds is 7. The standard InChI is InChI=1S/C23H34N4O/c1-18-22(19(2)26(4)24-18)12-13-23(28)25(3)21-11-8-15-27(17-21)16-14-20-9-6-5-7-10-20/h5-7,9-10,21H,8,11-17H2,1-4H3/t21-/m1/s1. The van der Waals surface area contributed by atoms with Gasteiger partial charge in [-0.15, -0.1) is 0 Å². The Kier molecular flexibility index (Phi) is 6.89. The summed E-state index contributed by atoms with van der Waals surface area (Å²) in [6, 6.07) is 11.0. The molecule has 1 fully saturated rings. The van der Waals surface area contributed by atoms with Gasteiger partial charge >= 0.3 is 0 Å². The Balaban J connectivity index is 1.50. The van der Waals surface area contributed by atoms with E-state index in [2.05, 4.69) is 47.3 Å². The second kappa shape index (κ2) is 9.37. The number of likely N-dealkylation sites (tertiary alicyclic amines) is 1. The predicted octanol–water partition coefficient (Wildman–Crippen LogP) is 3.14. The molecular weight excluding hydrogens is 348 g/mol. The Morgan fingerprint density at radius 1 is 1.21 bits per heavy atom. The van der Waals surface area contributed by atoms with Crippen molar-refractivity contribution < 1.29 is 4.79 Å². The van der Waals surface area contributed by atoms with Crippen LogP contribution in [0.4, 0.5) is 0 Å². The molecule has 152 valence electrons. The average Bonchev–Trinajstić information content (AvgIpc) is 2.96. The molecule has 0 saturated carbocycles. The smallest absolute Gasteiger partial charge is 0.222 e. The molecule has 28 heavy (non-hydrogen) atoms. The Labute approximate surface area is 169 Å². The van der Waals surface area contributed by atoms with Gasteiger partial charge in [-0.3, -0.25) is 9.48 Å². The first kappa shape index (κ1) is 20.6. The highest BCUT2D eigenvalue weighted by Gasteiger charge is 2.26. The second-order valence-electron chi connectivity index (χ2n) is 8.11. The topological polar surface area (TPSA) is 41.4 Å². The molecule has 2 aromatic rings. The minimum absolute atomic E-state index is 0.248. The number of benzene rings is 1. The summed E-state index contributed by atoms with van der Waals surface area (Å²) in [5.41, 5.74) is 4.81. The van der Waals surface area contributed by atoms with Crippen LogP contribution >= 0.6 is 0 Å². The van der Waals surface area contributed by atoms with E-state index in [0.717, 1.165) is 56.7 Å². The largest absolute Gasteiger partial charge is 0.341 e. The van der Waals surface area contributed by atoms with Crippen molar-refractivity contribution >= 4 is 5.91 Å². The Bertz CT molecular complexity index is 783. The van der Waals surface area contributed by atoms with Crippen LogP contribution in [0.25, 0.3) is 0 Å². The van der Waals surface area contributed by atoms with E-state index in [4.69, 9.17) is 0 Å². The average molecular weight is 383 g/mol. The summed E-state index contributed by atoms with van der Waals surface area (Å²) in [6.07, 6.45) is 4.68. The first-order valence-electron chi connectivity index (χ1n) is 10.5. The third kappa shape index (κ3) is 5.02. The van der Waals surface area contributed by atoms with Crippen molar-refractivity contribution in [2.75, 3.05) is 26.7 Å². The number of aryl methyl sites for hydroxylation is 2. The van der Waals surface area contributed by atoms with Crippen molar-refractivity contribution in [3.05, 3.63) is 52.8 Å². The van der Waals surface area contributed by atoms with Gasteiger partial charge in [0.25, 0.3) is 0 Å². The van der Waals surface area contributed by atoms with Crippen molar-refractivity contribution in [1.29, 1.82) is 0 Å². The molecule has 0 radical (unpaired) electrons. The van der Waals surface area contributed by atoms with Crippen molar-refractivity contribution in [3.8, 4) is 0 Å². The fourth-order valence-electron chi connectivity index (χ4n) is 4.27. The van der Waals surface area contributed by atoms with Gasteiger partial charge in [-0.05, 0) is 57.2 Å². The lowest BCUT2D eigenvalue weighted by atomic mass is 10.0. The zero-order valence-corrected chi connectivity index (χ0v) is 17.8. The van der Waals surface area contributed by atoms with Crippen LogP contribution in [-0.2, 0) is 24.7 Å². The highest BCUT2D eigenvalue weighted by molar-refractivity contribution is 5.76. The predicted molar refractivity (Wildman–Crippen MR) is 113 cm³/mol. The maximum atomic E-state index is 12.8. The number of aromatic nitrogens is 2.